The Kier molecular flexibility index (Phi) is 8.78. The topological polar surface area (TPSA) is 95.6 Å². The lowest BCUT2D eigenvalue weighted by Crippen LogP contribution is -2.41. The quantitative estimate of drug-likeness (QED) is 0.308. The number of esters is 1. The summed E-state index contributed by atoms with van der Waals surface area (Å²) in [4.78, 5) is 42.7. The van der Waals surface area contributed by atoms with Gasteiger partial charge in [-0.15, -0.1) is 0 Å². The molecule has 3 heterocycles. The highest BCUT2D eigenvalue weighted by Crippen LogP contribution is 2.37. The molecule has 188 valence electrons. The molecule has 2 saturated heterocycles. The van der Waals surface area contributed by atoms with E-state index in [4.69, 9.17) is 17.0 Å². The Bertz CT molecular complexity index is 1160. The fourth-order valence-corrected chi connectivity index (χ4v) is 5.78. The van der Waals surface area contributed by atoms with Crippen LogP contribution in [0.2, 0.25) is 0 Å². The minimum Gasteiger partial charge on any atom is -0.466 e. The molecule has 0 unspecified atom stereocenters. The van der Waals surface area contributed by atoms with Crippen molar-refractivity contribution < 1.29 is 14.3 Å². The van der Waals surface area contributed by atoms with Gasteiger partial charge in [-0.3, -0.25) is 23.9 Å². The van der Waals surface area contributed by atoms with E-state index in [1.165, 1.54) is 11.8 Å². The molecule has 3 rings (SSSR count). The zero-order chi connectivity index (χ0) is 25.9. The van der Waals surface area contributed by atoms with Crippen LogP contribution in [0.3, 0.4) is 0 Å². The second-order valence-corrected chi connectivity index (χ2v) is 10.8. The summed E-state index contributed by atoms with van der Waals surface area (Å²) in [5.74, 6) is 0.411. The Morgan fingerprint density at radius 2 is 1.94 bits per heavy atom. The summed E-state index contributed by atoms with van der Waals surface area (Å²) in [6.07, 6.45) is 2.98. The second kappa shape index (κ2) is 11.4. The molecular weight excluding hydrogens is 484 g/mol. The van der Waals surface area contributed by atoms with Crippen molar-refractivity contribution in [2.75, 3.05) is 31.1 Å². The van der Waals surface area contributed by atoms with E-state index in [1.807, 2.05) is 20.8 Å². The first kappa shape index (κ1) is 27.0. The van der Waals surface area contributed by atoms with Gasteiger partial charge in [0.05, 0.1) is 17.4 Å². The number of rotatable bonds is 7. The van der Waals surface area contributed by atoms with Gasteiger partial charge in [0.25, 0.3) is 11.5 Å². The maximum Gasteiger partial charge on any atom is 0.309 e. The molecule has 0 bridgehead atoms. The van der Waals surface area contributed by atoms with Crippen LogP contribution in [0, 0.1) is 30.1 Å². The Balaban J connectivity index is 2.09. The second-order valence-electron chi connectivity index (χ2n) is 9.10. The van der Waals surface area contributed by atoms with Gasteiger partial charge >= 0.3 is 5.97 Å². The number of nitrogens with zero attached hydrogens (tertiary/aromatic N) is 4. The number of carbonyl (C=O) groups is 2. The van der Waals surface area contributed by atoms with E-state index in [0.29, 0.717) is 71.8 Å². The number of ether oxygens (including phenoxy) is 1. The standard InChI is InChI=1S/C25H32N4O4S2/c1-6-28-21(27-10-8-17(9-11-27)24(32)33-7-2)18(16(5)19(13-26)22(28)30)12-20-23(31)29(14-15(3)4)25(34)35-20/h12,15,17H,6-11,14H2,1-5H3/b20-12-. The lowest BCUT2D eigenvalue weighted by Gasteiger charge is -2.35. The summed E-state index contributed by atoms with van der Waals surface area (Å²) in [7, 11) is 0. The number of amides is 1. The number of aromatic nitrogens is 1. The van der Waals surface area contributed by atoms with E-state index >= 15 is 0 Å². The highest BCUT2D eigenvalue weighted by molar-refractivity contribution is 8.26. The van der Waals surface area contributed by atoms with Gasteiger partial charge in [0, 0.05) is 31.7 Å². The van der Waals surface area contributed by atoms with E-state index in [9.17, 15) is 19.6 Å². The molecule has 1 amide bonds. The van der Waals surface area contributed by atoms with Crippen LogP contribution >= 0.6 is 24.0 Å². The predicted octanol–water partition coefficient (Wildman–Crippen LogP) is 3.69. The molecule has 8 nitrogen and oxygen atoms in total. The molecule has 0 aromatic carbocycles. The van der Waals surface area contributed by atoms with E-state index in [1.54, 1.807) is 29.4 Å². The predicted molar refractivity (Wildman–Crippen MR) is 142 cm³/mol. The molecule has 0 N–H and O–H groups in total. The Hall–Kier alpha value is -2.64. The third kappa shape index (κ3) is 5.46. The van der Waals surface area contributed by atoms with Crippen molar-refractivity contribution in [1.29, 1.82) is 5.26 Å². The number of hydrogen-bond donors (Lipinski definition) is 0. The fraction of sp³-hybridized carbons (Fsp3) is 0.560. The zero-order valence-electron chi connectivity index (χ0n) is 20.9. The van der Waals surface area contributed by atoms with E-state index in [2.05, 4.69) is 11.0 Å². The Morgan fingerprint density at radius 3 is 2.49 bits per heavy atom. The summed E-state index contributed by atoms with van der Waals surface area (Å²) in [5.41, 5.74) is 0.932. The molecule has 0 spiro atoms. The minimum atomic E-state index is -0.348. The monoisotopic (exact) mass is 516 g/mol. The van der Waals surface area contributed by atoms with Crippen LogP contribution in [0.4, 0.5) is 5.82 Å². The van der Waals surface area contributed by atoms with Gasteiger partial charge in [-0.2, -0.15) is 5.26 Å². The molecule has 0 aliphatic carbocycles. The molecule has 2 aliphatic rings. The summed E-state index contributed by atoms with van der Waals surface area (Å²) in [6, 6.07) is 2.05. The maximum atomic E-state index is 13.2. The third-order valence-electron chi connectivity index (χ3n) is 6.27. The molecular formula is C25H32N4O4S2. The van der Waals surface area contributed by atoms with E-state index in [0.717, 1.165) is 0 Å². The number of piperidine rings is 1. The molecule has 10 heteroatoms. The molecule has 0 atom stereocenters. The van der Waals surface area contributed by atoms with Crippen molar-refractivity contribution in [2.45, 2.75) is 54.0 Å². The maximum absolute atomic E-state index is 13.2. The van der Waals surface area contributed by atoms with Crippen molar-refractivity contribution in [2.24, 2.45) is 11.8 Å². The van der Waals surface area contributed by atoms with Gasteiger partial charge in [0.15, 0.2) is 0 Å². The van der Waals surface area contributed by atoms with Crippen molar-refractivity contribution in [1.82, 2.24) is 9.47 Å². The third-order valence-corrected chi connectivity index (χ3v) is 7.65. The fourth-order valence-electron chi connectivity index (χ4n) is 4.52. The number of carbonyl (C=O) groups excluding carboxylic acids is 2. The molecule has 35 heavy (non-hydrogen) atoms. The molecule has 1 aromatic heterocycles. The van der Waals surface area contributed by atoms with Gasteiger partial charge in [0.1, 0.15) is 21.8 Å². The highest BCUT2D eigenvalue weighted by atomic mass is 32.2. The SMILES string of the molecule is CCOC(=O)C1CCN(c2c(/C=C3\SC(=S)N(CC(C)C)C3=O)c(C)c(C#N)c(=O)n2CC)CC1. The van der Waals surface area contributed by atoms with Gasteiger partial charge in [-0.05, 0) is 51.2 Å². The summed E-state index contributed by atoms with van der Waals surface area (Å²) in [5, 5.41) is 9.74. The van der Waals surface area contributed by atoms with Crippen molar-refractivity contribution in [3.05, 3.63) is 31.9 Å². The summed E-state index contributed by atoms with van der Waals surface area (Å²) in [6.45, 7) is 11.8. The van der Waals surface area contributed by atoms with Crippen LogP contribution in [0.5, 0.6) is 0 Å². The first-order chi connectivity index (χ1) is 16.6. The lowest BCUT2D eigenvalue weighted by atomic mass is 9.95. The first-order valence-electron chi connectivity index (χ1n) is 12.0. The van der Waals surface area contributed by atoms with Crippen LogP contribution < -0.4 is 10.5 Å². The first-order valence-corrected chi connectivity index (χ1v) is 13.2. The van der Waals surface area contributed by atoms with Crippen LogP contribution in [0.1, 0.15) is 57.2 Å². The van der Waals surface area contributed by atoms with Crippen LogP contribution in [0.15, 0.2) is 9.70 Å². The van der Waals surface area contributed by atoms with Gasteiger partial charge in [-0.1, -0.05) is 37.8 Å². The van der Waals surface area contributed by atoms with Gasteiger partial charge in [0.2, 0.25) is 0 Å². The highest BCUT2D eigenvalue weighted by Gasteiger charge is 2.34. The average Bonchev–Trinajstić information content (AvgIpc) is 3.08. The zero-order valence-corrected chi connectivity index (χ0v) is 22.6. The van der Waals surface area contributed by atoms with Crippen LogP contribution in [0.25, 0.3) is 6.08 Å². The number of thiocarbonyl (C=S) groups is 1. The van der Waals surface area contributed by atoms with Gasteiger partial charge in [-0.25, -0.2) is 0 Å². The Morgan fingerprint density at radius 1 is 1.29 bits per heavy atom. The lowest BCUT2D eigenvalue weighted by molar-refractivity contribution is -0.148. The van der Waals surface area contributed by atoms with Crippen LogP contribution in [-0.2, 0) is 20.9 Å². The number of thioether (sulfide) groups is 1. The smallest absolute Gasteiger partial charge is 0.309 e. The summed E-state index contributed by atoms with van der Waals surface area (Å²) < 4.78 is 7.29. The van der Waals surface area contributed by atoms with Gasteiger partial charge < -0.3 is 9.64 Å². The molecule has 0 radical (unpaired) electrons. The van der Waals surface area contributed by atoms with E-state index < -0.39 is 0 Å². The van der Waals surface area contributed by atoms with Crippen LogP contribution in [-0.4, -0.2) is 51.9 Å². The normalized spacial score (nSPS) is 18.0. The summed E-state index contributed by atoms with van der Waals surface area (Å²) >= 11 is 6.70. The van der Waals surface area contributed by atoms with Crippen molar-refractivity contribution in [3.63, 3.8) is 0 Å². The number of hydrogen-bond acceptors (Lipinski definition) is 8. The number of pyridine rings is 1. The molecule has 2 aliphatic heterocycles. The molecule has 0 saturated carbocycles. The van der Waals surface area contributed by atoms with Crippen molar-refractivity contribution in [3.8, 4) is 6.07 Å². The van der Waals surface area contributed by atoms with Crippen molar-refractivity contribution >= 4 is 52.1 Å². The molecule has 1 aromatic rings. The largest absolute Gasteiger partial charge is 0.466 e. The number of anilines is 1. The molecule has 2 fully saturated rings. The average molecular weight is 517 g/mol. The number of nitriles is 1. The Labute approximate surface area is 215 Å². The minimum absolute atomic E-state index is 0.0703. The van der Waals surface area contributed by atoms with E-state index in [-0.39, 0.29) is 34.8 Å².